The number of Topliss-reactive ketones (excluding diaryl/α,β-unsaturated/α-hetero) is 1. The van der Waals surface area contributed by atoms with Crippen molar-refractivity contribution >= 4 is 11.8 Å². The second kappa shape index (κ2) is 7.46. The van der Waals surface area contributed by atoms with E-state index >= 15 is 0 Å². The lowest BCUT2D eigenvalue weighted by Gasteiger charge is -2.12. The van der Waals surface area contributed by atoms with Crippen LogP contribution in [0.2, 0.25) is 0 Å². The normalized spacial score (nSPS) is 12.4. The van der Waals surface area contributed by atoms with Crippen molar-refractivity contribution in [3.05, 3.63) is 0 Å². The monoisotopic (exact) mass is 203 g/mol. The van der Waals surface area contributed by atoms with Gasteiger partial charge < -0.3 is 15.2 Å². The Labute approximate surface area is 83.4 Å². The van der Waals surface area contributed by atoms with Crippen molar-refractivity contribution in [3.8, 4) is 0 Å². The average molecular weight is 203 g/mol. The Morgan fingerprint density at radius 3 is 2.57 bits per heavy atom. The fourth-order valence-electron chi connectivity index (χ4n) is 1.03. The van der Waals surface area contributed by atoms with Crippen LogP contribution in [0.4, 0.5) is 0 Å². The van der Waals surface area contributed by atoms with E-state index in [0.29, 0.717) is 13.2 Å². The third kappa shape index (κ3) is 6.56. The molecule has 0 bridgehead atoms. The molecule has 82 valence electrons. The SMILES string of the molecule is COCCCNC(CC(=O)O)C(C)=O. The number of methoxy groups -OCH3 is 1. The summed E-state index contributed by atoms with van der Waals surface area (Å²) in [6, 6.07) is -0.579. The Hall–Kier alpha value is -0.940. The Morgan fingerprint density at radius 1 is 1.50 bits per heavy atom. The molecule has 0 aromatic carbocycles. The Bertz CT molecular complexity index is 193. The number of hydrogen-bond acceptors (Lipinski definition) is 4. The van der Waals surface area contributed by atoms with Gasteiger partial charge in [0.15, 0.2) is 0 Å². The molecule has 1 atom stereocenters. The van der Waals surface area contributed by atoms with Crippen LogP contribution in [-0.4, -0.2) is 43.2 Å². The number of ketones is 1. The average Bonchev–Trinajstić information content (AvgIpc) is 2.09. The van der Waals surface area contributed by atoms with Crippen LogP contribution in [0.15, 0.2) is 0 Å². The fraction of sp³-hybridized carbons (Fsp3) is 0.778. The molecule has 1 unspecified atom stereocenters. The molecule has 5 heteroatoms. The fourth-order valence-corrected chi connectivity index (χ4v) is 1.03. The quantitative estimate of drug-likeness (QED) is 0.545. The molecule has 0 amide bonds. The lowest BCUT2D eigenvalue weighted by atomic mass is 10.1. The molecule has 5 nitrogen and oxygen atoms in total. The van der Waals surface area contributed by atoms with Crippen LogP contribution in [-0.2, 0) is 14.3 Å². The summed E-state index contributed by atoms with van der Waals surface area (Å²) in [5.74, 6) is -1.12. The number of carboxylic acids is 1. The van der Waals surface area contributed by atoms with Crippen LogP contribution in [0.1, 0.15) is 19.8 Å². The number of rotatable bonds is 8. The molecular weight excluding hydrogens is 186 g/mol. The Morgan fingerprint density at radius 2 is 2.14 bits per heavy atom. The topological polar surface area (TPSA) is 75.6 Å². The van der Waals surface area contributed by atoms with Crippen molar-refractivity contribution in [3.63, 3.8) is 0 Å². The molecule has 0 aliphatic rings. The molecular formula is C9H17NO4. The summed E-state index contributed by atoms with van der Waals surface area (Å²) in [6.45, 7) is 2.58. The zero-order valence-electron chi connectivity index (χ0n) is 8.58. The van der Waals surface area contributed by atoms with E-state index in [4.69, 9.17) is 9.84 Å². The van der Waals surface area contributed by atoms with Crippen molar-refractivity contribution in [1.29, 1.82) is 0 Å². The van der Waals surface area contributed by atoms with Gasteiger partial charge in [0.25, 0.3) is 0 Å². The van der Waals surface area contributed by atoms with Gasteiger partial charge in [0.2, 0.25) is 0 Å². The molecule has 2 N–H and O–H groups in total. The lowest BCUT2D eigenvalue weighted by molar-refractivity contribution is -0.139. The number of carboxylic acid groups (broad SMARTS) is 1. The first-order chi connectivity index (χ1) is 6.57. The van der Waals surface area contributed by atoms with E-state index in [1.807, 2.05) is 0 Å². The second-order valence-electron chi connectivity index (χ2n) is 3.06. The zero-order valence-corrected chi connectivity index (χ0v) is 8.58. The molecule has 0 spiro atoms. The smallest absolute Gasteiger partial charge is 0.305 e. The first-order valence-electron chi connectivity index (χ1n) is 4.52. The molecule has 0 aromatic rings. The molecule has 14 heavy (non-hydrogen) atoms. The molecule has 0 rings (SSSR count). The van der Waals surface area contributed by atoms with E-state index in [0.717, 1.165) is 6.42 Å². The number of aliphatic carboxylic acids is 1. The van der Waals surface area contributed by atoms with E-state index in [-0.39, 0.29) is 12.2 Å². The van der Waals surface area contributed by atoms with Gasteiger partial charge in [0.05, 0.1) is 12.5 Å². The van der Waals surface area contributed by atoms with Gasteiger partial charge in [-0.1, -0.05) is 0 Å². The lowest BCUT2D eigenvalue weighted by Crippen LogP contribution is -2.38. The highest BCUT2D eigenvalue weighted by molar-refractivity contribution is 5.85. The van der Waals surface area contributed by atoms with E-state index in [1.165, 1.54) is 6.92 Å². The van der Waals surface area contributed by atoms with Gasteiger partial charge in [-0.2, -0.15) is 0 Å². The second-order valence-corrected chi connectivity index (χ2v) is 3.06. The van der Waals surface area contributed by atoms with Gasteiger partial charge in [-0.15, -0.1) is 0 Å². The largest absolute Gasteiger partial charge is 0.481 e. The number of hydrogen-bond donors (Lipinski definition) is 2. The molecule has 0 aliphatic carbocycles. The summed E-state index contributed by atoms with van der Waals surface area (Å²) >= 11 is 0. The van der Waals surface area contributed by atoms with E-state index < -0.39 is 12.0 Å². The number of carbonyl (C=O) groups excluding carboxylic acids is 1. The van der Waals surface area contributed by atoms with Crippen LogP contribution in [0.5, 0.6) is 0 Å². The van der Waals surface area contributed by atoms with Crippen LogP contribution in [0.25, 0.3) is 0 Å². The first kappa shape index (κ1) is 13.1. The minimum Gasteiger partial charge on any atom is -0.481 e. The molecule has 0 saturated heterocycles. The summed E-state index contributed by atoms with van der Waals surface area (Å²) in [7, 11) is 1.60. The van der Waals surface area contributed by atoms with Crippen LogP contribution >= 0.6 is 0 Å². The standard InChI is InChI=1S/C9H17NO4/c1-7(11)8(6-9(12)13)10-4-3-5-14-2/h8,10H,3-6H2,1-2H3,(H,12,13). The van der Waals surface area contributed by atoms with E-state index in [2.05, 4.69) is 5.32 Å². The van der Waals surface area contributed by atoms with Crippen molar-refractivity contribution in [1.82, 2.24) is 5.32 Å². The van der Waals surface area contributed by atoms with Crippen molar-refractivity contribution in [2.45, 2.75) is 25.8 Å². The molecule has 0 heterocycles. The van der Waals surface area contributed by atoms with Crippen LogP contribution in [0.3, 0.4) is 0 Å². The highest BCUT2D eigenvalue weighted by atomic mass is 16.5. The predicted molar refractivity (Wildman–Crippen MR) is 51.2 cm³/mol. The van der Waals surface area contributed by atoms with Gasteiger partial charge >= 0.3 is 5.97 Å². The van der Waals surface area contributed by atoms with Crippen molar-refractivity contribution < 1.29 is 19.4 Å². The van der Waals surface area contributed by atoms with E-state index in [1.54, 1.807) is 7.11 Å². The van der Waals surface area contributed by atoms with E-state index in [9.17, 15) is 9.59 Å². The van der Waals surface area contributed by atoms with Gasteiger partial charge in [-0.25, -0.2) is 0 Å². The summed E-state index contributed by atoms with van der Waals surface area (Å²) in [4.78, 5) is 21.4. The molecule has 0 aliphatic heterocycles. The van der Waals surface area contributed by atoms with Gasteiger partial charge in [0.1, 0.15) is 5.78 Å². The molecule has 0 saturated carbocycles. The molecule has 0 radical (unpaired) electrons. The Balaban J connectivity index is 3.74. The summed E-state index contributed by atoms with van der Waals surface area (Å²) in [6.07, 6.45) is 0.599. The predicted octanol–water partition coefficient (Wildman–Crippen LogP) is 0.0448. The highest BCUT2D eigenvalue weighted by Crippen LogP contribution is 1.94. The van der Waals surface area contributed by atoms with Crippen molar-refractivity contribution in [2.75, 3.05) is 20.3 Å². The van der Waals surface area contributed by atoms with Gasteiger partial charge in [-0.3, -0.25) is 9.59 Å². The highest BCUT2D eigenvalue weighted by Gasteiger charge is 2.16. The maximum Gasteiger partial charge on any atom is 0.305 e. The minimum atomic E-state index is -0.968. The third-order valence-electron chi connectivity index (χ3n) is 1.79. The Kier molecular flexibility index (Phi) is 6.96. The van der Waals surface area contributed by atoms with Crippen LogP contribution < -0.4 is 5.32 Å². The number of nitrogens with one attached hydrogen (secondary N) is 1. The van der Waals surface area contributed by atoms with Gasteiger partial charge in [-0.05, 0) is 19.9 Å². The van der Waals surface area contributed by atoms with Crippen molar-refractivity contribution in [2.24, 2.45) is 0 Å². The summed E-state index contributed by atoms with van der Waals surface area (Å²) < 4.78 is 4.82. The van der Waals surface area contributed by atoms with Gasteiger partial charge in [0, 0.05) is 13.7 Å². The molecule has 0 fully saturated rings. The maximum absolute atomic E-state index is 11.0. The zero-order chi connectivity index (χ0) is 11.0. The first-order valence-corrected chi connectivity index (χ1v) is 4.52. The summed E-state index contributed by atoms with van der Waals surface area (Å²) in [5, 5.41) is 11.4. The number of ether oxygens (including phenoxy) is 1. The van der Waals surface area contributed by atoms with Crippen LogP contribution in [0, 0.1) is 0 Å². The third-order valence-corrected chi connectivity index (χ3v) is 1.79. The summed E-state index contributed by atoms with van der Waals surface area (Å²) in [5.41, 5.74) is 0. The minimum absolute atomic E-state index is 0.148. The molecule has 0 aromatic heterocycles. The maximum atomic E-state index is 11.0. The number of carbonyl (C=O) groups is 2.